The molecule has 7 nitrogen and oxygen atoms in total. The third kappa shape index (κ3) is 5.10. The fraction of sp³-hybridized carbons (Fsp3) is 0.400. The van der Waals surface area contributed by atoms with Crippen molar-refractivity contribution in [2.45, 2.75) is 45.7 Å². The molecule has 0 aliphatic carbocycles. The number of nitrogens with zero attached hydrogens (tertiary/aromatic N) is 4. The summed E-state index contributed by atoms with van der Waals surface area (Å²) in [6, 6.07) is 17.1. The third-order valence-corrected chi connectivity index (χ3v) is 6.05. The van der Waals surface area contributed by atoms with E-state index in [1.54, 1.807) is 0 Å². The molecule has 7 heteroatoms. The Morgan fingerprint density at radius 2 is 1.94 bits per heavy atom. The zero-order chi connectivity index (χ0) is 22.5. The van der Waals surface area contributed by atoms with E-state index in [1.165, 1.54) is 11.1 Å². The van der Waals surface area contributed by atoms with E-state index in [-0.39, 0.29) is 6.04 Å². The van der Waals surface area contributed by atoms with Crippen LogP contribution in [-0.2, 0) is 13.6 Å². The topological polar surface area (TPSA) is 76.4 Å². The van der Waals surface area contributed by atoms with Crippen molar-refractivity contribution in [3.05, 3.63) is 76.9 Å². The van der Waals surface area contributed by atoms with Gasteiger partial charge in [-0.2, -0.15) is 0 Å². The van der Waals surface area contributed by atoms with Crippen LogP contribution in [0.15, 0.2) is 53.5 Å². The number of hydrogen-bond acceptors (Lipinski definition) is 4. The highest BCUT2D eigenvalue weighted by molar-refractivity contribution is 5.80. The van der Waals surface area contributed by atoms with Crippen LogP contribution in [0.1, 0.15) is 53.6 Å². The predicted octanol–water partition coefficient (Wildman–Crippen LogP) is 3.79. The molecular formula is C25H32N6O. The molecule has 0 spiro atoms. The van der Waals surface area contributed by atoms with Gasteiger partial charge in [-0.3, -0.25) is 0 Å². The molecule has 4 rings (SSSR count). The van der Waals surface area contributed by atoms with Gasteiger partial charge in [0.15, 0.2) is 11.8 Å². The minimum Gasteiger partial charge on any atom is -0.493 e. The summed E-state index contributed by atoms with van der Waals surface area (Å²) in [5.74, 6) is 3.77. The standard InChI is InChI=1S/C25H32N6O/c1-17-9-11-20(12-10-17)18(2)15-26-25(27-16-24-30-29-19(3)31(24)4)28-22-13-14-32-23-8-6-5-7-21(22)23/h5-12,18,22H,13-16H2,1-4H3,(H2,26,27,28). The van der Waals surface area contributed by atoms with Crippen molar-refractivity contribution in [2.75, 3.05) is 13.2 Å². The minimum absolute atomic E-state index is 0.141. The molecule has 2 N–H and O–H groups in total. The average molecular weight is 433 g/mol. The van der Waals surface area contributed by atoms with Gasteiger partial charge in [0.2, 0.25) is 0 Å². The second-order valence-electron chi connectivity index (χ2n) is 8.45. The highest BCUT2D eigenvalue weighted by atomic mass is 16.5. The van der Waals surface area contributed by atoms with E-state index >= 15 is 0 Å². The van der Waals surface area contributed by atoms with E-state index < -0.39 is 0 Å². The van der Waals surface area contributed by atoms with E-state index in [0.717, 1.165) is 41.9 Å². The van der Waals surface area contributed by atoms with Crippen molar-refractivity contribution in [3.63, 3.8) is 0 Å². The van der Waals surface area contributed by atoms with Gasteiger partial charge in [0.25, 0.3) is 0 Å². The Labute approximate surface area is 189 Å². The van der Waals surface area contributed by atoms with E-state index in [1.807, 2.05) is 36.7 Å². The number of aromatic nitrogens is 3. The summed E-state index contributed by atoms with van der Waals surface area (Å²) in [6.07, 6.45) is 0.883. The maximum atomic E-state index is 5.83. The van der Waals surface area contributed by atoms with Crippen molar-refractivity contribution in [3.8, 4) is 5.75 Å². The van der Waals surface area contributed by atoms with Gasteiger partial charge in [0.1, 0.15) is 18.1 Å². The molecule has 3 aromatic rings. The van der Waals surface area contributed by atoms with Crippen LogP contribution >= 0.6 is 0 Å². The number of guanidine groups is 1. The molecule has 2 aromatic carbocycles. The molecule has 1 aliphatic rings. The Hall–Kier alpha value is -3.35. The van der Waals surface area contributed by atoms with Crippen molar-refractivity contribution in [2.24, 2.45) is 12.0 Å². The maximum Gasteiger partial charge on any atom is 0.192 e. The van der Waals surface area contributed by atoms with E-state index in [2.05, 4.69) is 65.0 Å². The lowest BCUT2D eigenvalue weighted by molar-refractivity contribution is 0.261. The van der Waals surface area contributed by atoms with Crippen LogP contribution in [-0.4, -0.2) is 33.9 Å². The first kappa shape index (κ1) is 21.9. The normalized spacial score (nSPS) is 16.8. The summed E-state index contributed by atoms with van der Waals surface area (Å²) in [6.45, 7) is 8.20. The molecule has 1 aliphatic heterocycles. The Kier molecular flexibility index (Phi) is 6.73. The lowest BCUT2D eigenvalue weighted by Gasteiger charge is -2.28. The molecule has 0 saturated carbocycles. The number of rotatable bonds is 6. The predicted molar refractivity (Wildman–Crippen MR) is 127 cm³/mol. The van der Waals surface area contributed by atoms with Gasteiger partial charge in [-0.1, -0.05) is 55.0 Å². The van der Waals surface area contributed by atoms with Crippen LogP contribution < -0.4 is 15.4 Å². The summed E-state index contributed by atoms with van der Waals surface area (Å²) in [5.41, 5.74) is 3.74. The van der Waals surface area contributed by atoms with Crippen LogP contribution in [0.25, 0.3) is 0 Å². The smallest absolute Gasteiger partial charge is 0.192 e. The second kappa shape index (κ2) is 9.85. The molecule has 2 heterocycles. The average Bonchev–Trinajstić information content (AvgIpc) is 3.13. The lowest BCUT2D eigenvalue weighted by Crippen LogP contribution is -2.42. The van der Waals surface area contributed by atoms with Gasteiger partial charge in [0.05, 0.1) is 12.6 Å². The first-order valence-corrected chi connectivity index (χ1v) is 11.2. The van der Waals surface area contributed by atoms with Crippen LogP contribution in [0.3, 0.4) is 0 Å². The van der Waals surface area contributed by atoms with Crippen molar-refractivity contribution < 1.29 is 4.74 Å². The van der Waals surface area contributed by atoms with Crippen molar-refractivity contribution in [1.82, 2.24) is 25.4 Å². The van der Waals surface area contributed by atoms with Crippen LogP contribution in [0.2, 0.25) is 0 Å². The molecular weight excluding hydrogens is 400 g/mol. The zero-order valence-corrected chi connectivity index (χ0v) is 19.3. The molecule has 0 amide bonds. The van der Waals surface area contributed by atoms with Gasteiger partial charge >= 0.3 is 0 Å². The van der Waals surface area contributed by atoms with Gasteiger partial charge in [-0.15, -0.1) is 10.2 Å². The number of nitrogens with one attached hydrogen (secondary N) is 2. The minimum atomic E-state index is 0.141. The highest BCUT2D eigenvalue weighted by Gasteiger charge is 2.22. The van der Waals surface area contributed by atoms with E-state index in [9.17, 15) is 0 Å². The molecule has 2 atom stereocenters. The Morgan fingerprint density at radius 1 is 1.16 bits per heavy atom. The van der Waals surface area contributed by atoms with Crippen LogP contribution in [0.4, 0.5) is 0 Å². The number of para-hydroxylation sites is 1. The first-order chi connectivity index (χ1) is 15.5. The van der Waals surface area contributed by atoms with Crippen molar-refractivity contribution in [1.29, 1.82) is 0 Å². The van der Waals surface area contributed by atoms with E-state index in [4.69, 9.17) is 9.73 Å². The summed E-state index contributed by atoms with van der Waals surface area (Å²) in [4.78, 5) is 4.85. The van der Waals surface area contributed by atoms with Gasteiger partial charge in [0, 0.05) is 25.6 Å². The van der Waals surface area contributed by atoms with Gasteiger partial charge in [-0.05, 0) is 31.4 Å². The highest BCUT2D eigenvalue weighted by Crippen LogP contribution is 2.31. The molecule has 32 heavy (non-hydrogen) atoms. The molecule has 2 unspecified atom stereocenters. The largest absolute Gasteiger partial charge is 0.493 e. The Morgan fingerprint density at radius 3 is 2.69 bits per heavy atom. The molecule has 0 saturated heterocycles. The summed E-state index contributed by atoms with van der Waals surface area (Å²) in [7, 11) is 1.97. The number of aliphatic imine (C=N–C) groups is 1. The molecule has 168 valence electrons. The van der Waals surface area contributed by atoms with Crippen LogP contribution in [0.5, 0.6) is 5.75 Å². The summed E-state index contributed by atoms with van der Waals surface area (Å²) >= 11 is 0. The fourth-order valence-electron chi connectivity index (χ4n) is 3.81. The van der Waals surface area contributed by atoms with Crippen LogP contribution in [0, 0.1) is 13.8 Å². The quantitative estimate of drug-likeness (QED) is 0.458. The maximum absolute atomic E-state index is 5.83. The SMILES string of the molecule is Cc1ccc(C(C)CNC(=NCc2nnc(C)n2C)NC2CCOc3ccccc32)cc1. The van der Waals surface area contributed by atoms with E-state index in [0.29, 0.717) is 19.1 Å². The molecule has 0 fully saturated rings. The number of hydrogen-bond donors (Lipinski definition) is 2. The van der Waals surface area contributed by atoms with Gasteiger partial charge < -0.3 is 19.9 Å². The number of ether oxygens (including phenoxy) is 1. The number of fused-ring (bicyclic) bond motifs is 1. The number of aryl methyl sites for hydroxylation is 2. The Balaban J connectivity index is 1.50. The number of benzene rings is 2. The molecule has 0 radical (unpaired) electrons. The summed E-state index contributed by atoms with van der Waals surface area (Å²) < 4.78 is 7.80. The van der Waals surface area contributed by atoms with Crippen molar-refractivity contribution >= 4 is 5.96 Å². The molecule has 1 aromatic heterocycles. The fourth-order valence-corrected chi connectivity index (χ4v) is 3.81. The lowest BCUT2D eigenvalue weighted by atomic mass is 10.00. The molecule has 0 bridgehead atoms. The Bertz CT molecular complexity index is 1070. The second-order valence-corrected chi connectivity index (χ2v) is 8.45. The first-order valence-electron chi connectivity index (χ1n) is 11.2. The third-order valence-electron chi connectivity index (χ3n) is 6.05. The summed E-state index contributed by atoms with van der Waals surface area (Å²) in [5, 5.41) is 15.6. The zero-order valence-electron chi connectivity index (χ0n) is 19.3. The monoisotopic (exact) mass is 432 g/mol. The van der Waals surface area contributed by atoms with Gasteiger partial charge in [-0.25, -0.2) is 4.99 Å².